The van der Waals surface area contributed by atoms with Crippen LogP contribution in [0, 0.1) is 11.6 Å². The molecular formula is C26H28F2N6O. The van der Waals surface area contributed by atoms with Gasteiger partial charge < -0.3 is 10.0 Å². The largest absolute Gasteiger partial charge is 0.381 e. The fourth-order valence-corrected chi connectivity index (χ4v) is 4.93. The zero-order chi connectivity index (χ0) is 24.4. The molecule has 1 aliphatic rings. The molecule has 7 nitrogen and oxygen atoms in total. The normalized spacial score (nSPS) is 17.8. The summed E-state index contributed by atoms with van der Waals surface area (Å²) < 4.78 is 30.0. The third-order valence-electron chi connectivity index (χ3n) is 6.94. The van der Waals surface area contributed by atoms with Gasteiger partial charge in [-0.3, -0.25) is 4.90 Å². The highest BCUT2D eigenvalue weighted by molar-refractivity contribution is 5.80. The lowest BCUT2D eigenvalue weighted by Gasteiger charge is -2.41. The molecule has 0 bridgehead atoms. The van der Waals surface area contributed by atoms with Crippen LogP contribution in [0.4, 0.5) is 14.6 Å². The SMILES string of the molecule is CC(N1CCCN(c2ccc3ccccc3n2)CC1)C(O)(Cn1cncn1)c1ccc(F)cc1F. The van der Waals surface area contributed by atoms with Crippen LogP contribution in [0.2, 0.25) is 0 Å². The lowest BCUT2D eigenvalue weighted by Crippen LogP contribution is -2.53. The van der Waals surface area contributed by atoms with Gasteiger partial charge in [0.1, 0.15) is 35.7 Å². The summed E-state index contributed by atoms with van der Waals surface area (Å²) in [6, 6.07) is 15.0. The van der Waals surface area contributed by atoms with Crippen molar-refractivity contribution >= 4 is 16.7 Å². The van der Waals surface area contributed by atoms with E-state index < -0.39 is 23.3 Å². The Hall–Kier alpha value is -3.43. The molecule has 4 aromatic rings. The number of fused-ring (bicyclic) bond motifs is 1. The number of pyridine rings is 1. The molecule has 2 aromatic heterocycles. The molecule has 2 atom stereocenters. The van der Waals surface area contributed by atoms with Crippen molar-refractivity contribution in [3.8, 4) is 0 Å². The van der Waals surface area contributed by atoms with Crippen LogP contribution < -0.4 is 4.90 Å². The predicted octanol–water partition coefficient (Wildman–Crippen LogP) is 3.59. The summed E-state index contributed by atoms with van der Waals surface area (Å²) in [5, 5.41) is 17.1. The summed E-state index contributed by atoms with van der Waals surface area (Å²) >= 11 is 0. The molecule has 0 saturated carbocycles. The van der Waals surface area contributed by atoms with Gasteiger partial charge in [0.25, 0.3) is 0 Å². The van der Waals surface area contributed by atoms with E-state index in [9.17, 15) is 13.9 Å². The monoisotopic (exact) mass is 478 g/mol. The minimum absolute atomic E-state index is 0.0108. The average molecular weight is 479 g/mol. The molecule has 1 N–H and O–H groups in total. The molecule has 35 heavy (non-hydrogen) atoms. The number of nitrogens with zero attached hydrogens (tertiary/aromatic N) is 6. The van der Waals surface area contributed by atoms with Crippen molar-refractivity contribution in [2.75, 3.05) is 31.1 Å². The Morgan fingerprint density at radius 3 is 2.69 bits per heavy atom. The Kier molecular flexibility index (Phi) is 6.44. The topological polar surface area (TPSA) is 70.3 Å². The summed E-state index contributed by atoms with van der Waals surface area (Å²) in [6.07, 6.45) is 3.70. The molecule has 2 aromatic carbocycles. The summed E-state index contributed by atoms with van der Waals surface area (Å²) in [5.74, 6) is -0.549. The maximum Gasteiger partial charge on any atom is 0.137 e. The molecule has 2 unspecified atom stereocenters. The van der Waals surface area contributed by atoms with Crippen LogP contribution in [0.3, 0.4) is 0 Å². The molecule has 0 spiro atoms. The van der Waals surface area contributed by atoms with Gasteiger partial charge in [-0.2, -0.15) is 5.10 Å². The van der Waals surface area contributed by atoms with Crippen molar-refractivity contribution in [2.24, 2.45) is 0 Å². The van der Waals surface area contributed by atoms with Crippen LogP contribution in [0.15, 0.2) is 67.3 Å². The zero-order valence-electron chi connectivity index (χ0n) is 19.6. The Balaban J connectivity index is 1.39. The van der Waals surface area contributed by atoms with Crippen LogP contribution in [0.1, 0.15) is 18.9 Å². The second-order valence-corrected chi connectivity index (χ2v) is 9.06. The summed E-state index contributed by atoms with van der Waals surface area (Å²) in [6.45, 7) is 4.76. The number of hydrogen-bond donors (Lipinski definition) is 1. The maximum absolute atomic E-state index is 14.9. The molecule has 182 valence electrons. The van der Waals surface area contributed by atoms with E-state index >= 15 is 0 Å². The van der Waals surface area contributed by atoms with Gasteiger partial charge in [0.05, 0.1) is 12.1 Å². The zero-order valence-corrected chi connectivity index (χ0v) is 19.6. The molecule has 9 heteroatoms. The highest BCUT2D eigenvalue weighted by Gasteiger charge is 2.42. The van der Waals surface area contributed by atoms with E-state index in [1.165, 1.54) is 29.5 Å². The third-order valence-corrected chi connectivity index (χ3v) is 6.94. The second kappa shape index (κ2) is 9.67. The van der Waals surface area contributed by atoms with Crippen molar-refractivity contribution in [1.29, 1.82) is 0 Å². The van der Waals surface area contributed by atoms with E-state index in [-0.39, 0.29) is 12.1 Å². The smallest absolute Gasteiger partial charge is 0.137 e. The standard InChI is InChI=1S/C26H28F2N6O/c1-19(26(35,16-34-18-29-17-30-34)22-9-8-21(27)15-23(22)28)32-11-4-12-33(14-13-32)25-10-7-20-5-2-3-6-24(20)31-25/h2-3,5-10,15,17-19,35H,4,11-14,16H2,1H3. The maximum atomic E-state index is 14.9. The van der Waals surface area contributed by atoms with Gasteiger partial charge >= 0.3 is 0 Å². The second-order valence-electron chi connectivity index (χ2n) is 9.06. The van der Waals surface area contributed by atoms with E-state index in [4.69, 9.17) is 4.98 Å². The van der Waals surface area contributed by atoms with Crippen LogP contribution in [-0.4, -0.2) is 62.0 Å². The Labute approximate surface area is 202 Å². The quantitative estimate of drug-likeness (QED) is 0.457. The lowest BCUT2D eigenvalue weighted by molar-refractivity contribution is -0.0622. The minimum atomic E-state index is -1.65. The highest BCUT2D eigenvalue weighted by atomic mass is 19.1. The summed E-state index contributed by atoms with van der Waals surface area (Å²) in [7, 11) is 0. The van der Waals surface area contributed by atoms with Crippen molar-refractivity contribution in [2.45, 2.75) is 31.5 Å². The van der Waals surface area contributed by atoms with E-state index in [1.807, 2.05) is 37.3 Å². The number of hydrogen-bond acceptors (Lipinski definition) is 6. The molecular weight excluding hydrogens is 450 g/mol. The highest BCUT2D eigenvalue weighted by Crippen LogP contribution is 2.33. The van der Waals surface area contributed by atoms with Gasteiger partial charge in [-0.1, -0.05) is 24.3 Å². The summed E-state index contributed by atoms with van der Waals surface area (Å²) in [4.78, 5) is 13.2. The average Bonchev–Trinajstić information content (AvgIpc) is 3.24. The number of aliphatic hydroxyl groups is 1. The van der Waals surface area contributed by atoms with Crippen molar-refractivity contribution in [3.63, 3.8) is 0 Å². The van der Waals surface area contributed by atoms with Crippen LogP contribution in [-0.2, 0) is 12.1 Å². The predicted molar refractivity (Wildman–Crippen MR) is 130 cm³/mol. The van der Waals surface area contributed by atoms with Crippen LogP contribution >= 0.6 is 0 Å². The van der Waals surface area contributed by atoms with Gasteiger partial charge in [-0.15, -0.1) is 0 Å². The van der Waals surface area contributed by atoms with Crippen LogP contribution in [0.5, 0.6) is 0 Å². The van der Waals surface area contributed by atoms with Gasteiger partial charge in [0.15, 0.2) is 0 Å². The van der Waals surface area contributed by atoms with Gasteiger partial charge in [-0.05, 0) is 37.6 Å². The van der Waals surface area contributed by atoms with Crippen molar-refractivity contribution in [1.82, 2.24) is 24.6 Å². The molecule has 1 saturated heterocycles. The number of benzene rings is 2. The molecule has 0 amide bonds. The first kappa shape index (κ1) is 23.3. The van der Waals surface area contributed by atoms with E-state index in [0.717, 1.165) is 35.8 Å². The fraction of sp³-hybridized carbons (Fsp3) is 0.346. The van der Waals surface area contributed by atoms with Gasteiger partial charge in [0.2, 0.25) is 0 Å². The first-order chi connectivity index (χ1) is 16.9. The van der Waals surface area contributed by atoms with Crippen LogP contribution in [0.25, 0.3) is 10.9 Å². The summed E-state index contributed by atoms with van der Waals surface area (Å²) in [5.41, 5.74) is -0.658. The number of aromatic nitrogens is 4. The van der Waals surface area contributed by atoms with E-state index in [1.54, 1.807) is 0 Å². The Morgan fingerprint density at radius 2 is 1.89 bits per heavy atom. The number of rotatable bonds is 6. The van der Waals surface area contributed by atoms with Gasteiger partial charge in [-0.25, -0.2) is 23.4 Å². The first-order valence-corrected chi connectivity index (χ1v) is 11.8. The number of halogens is 2. The van der Waals surface area contributed by atoms with E-state index in [0.29, 0.717) is 19.6 Å². The first-order valence-electron chi connectivity index (χ1n) is 11.8. The third kappa shape index (κ3) is 4.74. The molecule has 5 rings (SSSR count). The number of para-hydroxylation sites is 1. The molecule has 1 aliphatic heterocycles. The Bertz CT molecular complexity index is 1300. The molecule has 3 heterocycles. The molecule has 0 aliphatic carbocycles. The van der Waals surface area contributed by atoms with E-state index in [2.05, 4.69) is 25.9 Å². The molecule has 0 radical (unpaired) electrons. The van der Waals surface area contributed by atoms with Gasteiger partial charge in [0, 0.05) is 49.2 Å². The van der Waals surface area contributed by atoms with Crippen molar-refractivity contribution in [3.05, 3.63) is 84.4 Å². The fourth-order valence-electron chi connectivity index (χ4n) is 4.93. The van der Waals surface area contributed by atoms with Crippen molar-refractivity contribution < 1.29 is 13.9 Å². The minimum Gasteiger partial charge on any atom is -0.381 e. The lowest BCUT2D eigenvalue weighted by atomic mass is 9.85. The molecule has 1 fully saturated rings. The Morgan fingerprint density at radius 1 is 1.03 bits per heavy atom. The number of anilines is 1.